The Kier molecular flexibility index (Phi) is 6.17. The molecule has 1 unspecified atom stereocenters. The van der Waals surface area contributed by atoms with Crippen molar-refractivity contribution in [2.24, 2.45) is 0 Å². The first-order valence-electron chi connectivity index (χ1n) is 5.19. The van der Waals surface area contributed by atoms with Crippen molar-refractivity contribution in [3.8, 4) is 0 Å². The Balaban J connectivity index is 0.00000196. The van der Waals surface area contributed by atoms with Gasteiger partial charge in [0, 0.05) is 18.6 Å². The summed E-state index contributed by atoms with van der Waals surface area (Å²) < 4.78 is 5.36. The summed E-state index contributed by atoms with van der Waals surface area (Å²) >= 11 is 0. The Morgan fingerprint density at radius 1 is 1.60 bits per heavy atom. The number of morpholine rings is 1. The lowest BCUT2D eigenvalue weighted by atomic mass is 10.0. The third-order valence-corrected chi connectivity index (χ3v) is 2.57. The Bertz CT molecular complexity index is 204. The predicted octanol–water partition coefficient (Wildman–Crippen LogP) is 0.701. The zero-order valence-corrected chi connectivity index (χ0v) is 10.4. The lowest BCUT2D eigenvalue weighted by molar-refractivity contribution is -0.135. The number of rotatable bonds is 3. The van der Waals surface area contributed by atoms with Crippen LogP contribution in [0.5, 0.6) is 0 Å². The van der Waals surface area contributed by atoms with Crippen molar-refractivity contribution in [3.63, 3.8) is 0 Å². The summed E-state index contributed by atoms with van der Waals surface area (Å²) in [6.45, 7) is 8.15. The lowest BCUT2D eigenvalue weighted by Gasteiger charge is -2.29. The largest absolute Gasteiger partial charge is 0.366 e. The quantitative estimate of drug-likeness (QED) is 0.759. The first kappa shape index (κ1) is 14.7. The molecule has 15 heavy (non-hydrogen) atoms. The smallest absolute Gasteiger partial charge is 0.250 e. The molecule has 0 bridgehead atoms. The van der Waals surface area contributed by atoms with Gasteiger partial charge in [0.15, 0.2) is 0 Å². The molecule has 90 valence electrons. The van der Waals surface area contributed by atoms with Gasteiger partial charge >= 0.3 is 0 Å². The highest BCUT2D eigenvalue weighted by Gasteiger charge is 2.26. The van der Waals surface area contributed by atoms with E-state index in [1.165, 1.54) is 0 Å². The molecule has 1 amide bonds. The first-order valence-corrected chi connectivity index (χ1v) is 5.19. The molecule has 0 spiro atoms. The van der Waals surface area contributed by atoms with E-state index in [2.05, 4.69) is 17.6 Å². The fourth-order valence-corrected chi connectivity index (χ4v) is 1.24. The van der Waals surface area contributed by atoms with Crippen molar-refractivity contribution in [2.45, 2.75) is 38.8 Å². The van der Waals surface area contributed by atoms with E-state index in [4.69, 9.17) is 4.74 Å². The van der Waals surface area contributed by atoms with Crippen LogP contribution in [-0.2, 0) is 9.53 Å². The fourth-order valence-electron chi connectivity index (χ4n) is 1.24. The summed E-state index contributed by atoms with van der Waals surface area (Å²) in [6, 6.07) is 0. The summed E-state index contributed by atoms with van der Waals surface area (Å²) in [5, 5.41) is 6.11. The monoisotopic (exact) mass is 236 g/mol. The van der Waals surface area contributed by atoms with E-state index in [1.807, 2.05) is 13.8 Å². The molecule has 1 aliphatic rings. The first-order chi connectivity index (χ1) is 6.55. The third-order valence-electron chi connectivity index (χ3n) is 2.57. The topological polar surface area (TPSA) is 50.4 Å². The molecule has 1 atom stereocenters. The van der Waals surface area contributed by atoms with Crippen LogP contribution in [0.25, 0.3) is 0 Å². The van der Waals surface area contributed by atoms with Crippen LogP contribution < -0.4 is 10.6 Å². The van der Waals surface area contributed by atoms with E-state index in [1.54, 1.807) is 0 Å². The number of ether oxygens (including phenoxy) is 1. The SMILES string of the molecule is CCC(C)(C)NC(=O)C1CNCCO1.Cl. The Hall–Kier alpha value is -0.320. The van der Waals surface area contributed by atoms with Crippen molar-refractivity contribution < 1.29 is 9.53 Å². The molecule has 0 radical (unpaired) electrons. The third kappa shape index (κ3) is 4.82. The van der Waals surface area contributed by atoms with Crippen molar-refractivity contribution >= 4 is 18.3 Å². The van der Waals surface area contributed by atoms with Gasteiger partial charge in [-0.1, -0.05) is 6.92 Å². The van der Waals surface area contributed by atoms with Crippen LogP contribution in [0.2, 0.25) is 0 Å². The minimum Gasteiger partial charge on any atom is -0.366 e. The van der Waals surface area contributed by atoms with Gasteiger partial charge in [0.05, 0.1) is 6.61 Å². The molecule has 4 nitrogen and oxygen atoms in total. The lowest BCUT2D eigenvalue weighted by Crippen LogP contribution is -2.53. The minimum absolute atomic E-state index is 0. The molecule has 0 aliphatic carbocycles. The van der Waals surface area contributed by atoms with Crippen LogP contribution in [0, 0.1) is 0 Å². The van der Waals surface area contributed by atoms with Gasteiger partial charge in [0.2, 0.25) is 0 Å². The molecule has 0 aromatic rings. The van der Waals surface area contributed by atoms with Gasteiger partial charge in [-0.25, -0.2) is 0 Å². The Morgan fingerprint density at radius 3 is 2.73 bits per heavy atom. The maximum atomic E-state index is 11.7. The Morgan fingerprint density at radius 2 is 2.27 bits per heavy atom. The van der Waals surface area contributed by atoms with Crippen LogP contribution in [0.1, 0.15) is 27.2 Å². The second-order valence-electron chi connectivity index (χ2n) is 4.29. The molecule has 5 heteroatoms. The van der Waals surface area contributed by atoms with Crippen molar-refractivity contribution in [2.75, 3.05) is 19.7 Å². The summed E-state index contributed by atoms with van der Waals surface area (Å²) in [5.74, 6) is -0.0101. The number of carbonyl (C=O) groups is 1. The zero-order chi connectivity index (χ0) is 10.6. The summed E-state index contributed by atoms with van der Waals surface area (Å²) in [4.78, 5) is 11.7. The van der Waals surface area contributed by atoms with E-state index in [9.17, 15) is 4.79 Å². The molecule has 1 saturated heterocycles. The molecular formula is C10H21ClN2O2. The van der Waals surface area contributed by atoms with Gasteiger partial charge in [0.1, 0.15) is 6.10 Å². The number of halogens is 1. The zero-order valence-electron chi connectivity index (χ0n) is 9.63. The predicted molar refractivity (Wildman–Crippen MR) is 62.4 cm³/mol. The highest BCUT2D eigenvalue weighted by Crippen LogP contribution is 2.08. The molecule has 1 fully saturated rings. The van der Waals surface area contributed by atoms with Crippen LogP contribution in [0.4, 0.5) is 0 Å². The molecular weight excluding hydrogens is 216 g/mol. The van der Waals surface area contributed by atoms with E-state index < -0.39 is 0 Å². The maximum Gasteiger partial charge on any atom is 0.250 e. The van der Waals surface area contributed by atoms with E-state index >= 15 is 0 Å². The van der Waals surface area contributed by atoms with Crippen LogP contribution in [0.15, 0.2) is 0 Å². The molecule has 1 aliphatic heterocycles. The summed E-state index contributed by atoms with van der Waals surface area (Å²) in [5.41, 5.74) is -0.141. The maximum absolute atomic E-state index is 11.7. The number of carbonyl (C=O) groups excluding carboxylic acids is 1. The molecule has 1 heterocycles. The fraction of sp³-hybridized carbons (Fsp3) is 0.900. The van der Waals surface area contributed by atoms with Crippen LogP contribution in [-0.4, -0.2) is 37.2 Å². The number of nitrogens with one attached hydrogen (secondary N) is 2. The van der Waals surface area contributed by atoms with Crippen molar-refractivity contribution in [3.05, 3.63) is 0 Å². The molecule has 2 N–H and O–H groups in total. The van der Waals surface area contributed by atoms with E-state index in [0.29, 0.717) is 13.2 Å². The van der Waals surface area contributed by atoms with Gasteiger partial charge in [-0.2, -0.15) is 0 Å². The normalized spacial score (nSPS) is 21.7. The highest BCUT2D eigenvalue weighted by molar-refractivity contribution is 5.85. The van der Waals surface area contributed by atoms with Crippen LogP contribution >= 0.6 is 12.4 Å². The van der Waals surface area contributed by atoms with Gasteiger partial charge in [-0.3, -0.25) is 4.79 Å². The average Bonchev–Trinajstić information content (AvgIpc) is 2.19. The second kappa shape index (κ2) is 6.30. The standard InChI is InChI=1S/C10H20N2O2.ClH/c1-4-10(2,3)12-9(13)8-7-11-5-6-14-8;/h8,11H,4-7H2,1-3H3,(H,12,13);1H. The average molecular weight is 237 g/mol. The van der Waals surface area contributed by atoms with E-state index in [0.717, 1.165) is 13.0 Å². The van der Waals surface area contributed by atoms with Gasteiger partial charge in [0.25, 0.3) is 5.91 Å². The molecule has 0 aromatic carbocycles. The number of hydrogen-bond donors (Lipinski definition) is 2. The van der Waals surface area contributed by atoms with E-state index in [-0.39, 0.29) is 30.0 Å². The highest BCUT2D eigenvalue weighted by atomic mass is 35.5. The number of amides is 1. The summed E-state index contributed by atoms with van der Waals surface area (Å²) in [7, 11) is 0. The molecule has 0 saturated carbocycles. The second-order valence-corrected chi connectivity index (χ2v) is 4.29. The van der Waals surface area contributed by atoms with Gasteiger partial charge < -0.3 is 15.4 Å². The molecule has 1 rings (SSSR count). The van der Waals surface area contributed by atoms with Crippen molar-refractivity contribution in [1.82, 2.24) is 10.6 Å². The molecule has 0 aromatic heterocycles. The van der Waals surface area contributed by atoms with Gasteiger partial charge in [-0.05, 0) is 20.3 Å². The van der Waals surface area contributed by atoms with Gasteiger partial charge in [-0.15, -0.1) is 12.4 Å². The summed E-state index contributed by atoms with van der Waals surface area (Å²) in [6.07, 6.45) is 0.591. The Labute approximate surface area is 97.5 Å². The minimum atomic E-state index is -0.324. The van der Waals surface area contributed by atoms with Crippen LogP contribution in [0.3, 0.4) is 0 Å². The number of hydrogen-bond acceptors (Lipinski definition) is 3. The van der Waals surface area contributed by atoms with Crippen molar-refractivity contribution in [1.29, 1.82) is 0 Å².